The van der Waals surface area contributed by atoms with Gasteiger partial charge in [0.25, 0.3) is 0 Å². The normalized spacial score (nSPS) is 12.8. The molecule has 1 aromatic heterocycles. The molecule has 1 unspecified atom stereocenters. The molecule has 2 aromatic carbocycles. The van der Waals surface area contributed by atoms with E-state index in [1.165, 1.54) is 19.1 Å². The van der Waals surface area contributed by atoms with Crippen LogP contribution in [0.3, 0.4) is 0 Å². The van der Waals surface area contributed by atoms with Crippen molar-refractivity contribution in [2.45, 2.75) is 13.0 Å². The molecule has 21 heavy (non-hydrogen) atoms. The van der Waals surface area contributed by atoms with Crippen LogP contribution in [0.4, 0.5) is 8.78 Å². The largest absolute Gasteiger partial charge is 0.319 e. The van der Waals surface area contributed by atoms with Crippen LogP contribution in [0.2, 0.25) is 0 Å². The fraction of sp³-hybridized carbons (Fsp3) is 0.188. The van der Waals surface area contributed by atoms with Gasteiger partial charge in [0.05, 0.1) is 17.3 Å². The first kappa shape index (κ1) is 13.7. The highest BCUT2D eigenvalue weighted by molar-refractivity contribution is 5.82. The second kappa shape index (κ2) is 4.93. The van der Waals surface area contributed by atoms with Crippen LogP contribution < -0.4 is 5.73 Å². The highest BCUT2D eigenvalue weighted by atomic mass is 19.2. The second-order valence-electron chi connectivity index (χ2n) is 5.10. The van der Waals surface area contributed by atoms with E-state index in [0.717, 1.165) is 10.9 Å². The number of rotatable bonds is 2. The van der Waals surface area contributed by atoms with Crippen LogP contribution in [-0.4, -0.2) is 9.78 Å². The third-order valence-corrected chi connectivity index (χ3v) is 3.72. The summed E-state index contributed by atoms with van der Waals surface area (Å²) in [6.07, 6.45) is 0. The summed E-state index contributed by atoms with van der Waals surface area (Å²) in [7, 11) is 1.80. The minimum absolute atomic E-state index is 0.113. The molecular formula is C16H15F2N3. The molecule has 1 atom stereocenters. The molecule has 3 aromatic rings. The van der Waals surface area contributed by atoms with E-state index in [-0.39, 0.29) is 11.1 Å². The van der Waals surface area contributed by atoms with E-state index in [1.54, 1.807) is 11.7 Å². The van der Waals surface area contributed by atoms with Crippen molar-refractivity contribution in [2.24, 2.45) is 12.8 Å². The van der Waals surface area contributed by atoms with E-state index in [9.17, 15) is 8.78 Å². The van der Waals surface area contributed by atoms with Crippen molar-refractivity contribution >= 4 is 10.9 Å². The Morgan fingerprint density at radius 2 is 1.81 bits per heavy atom. The maximum atomic E-state index is 14.1. The lowest BCUT2D eigenvalue weighted by Crippen LogP contribution is -2.16. The van der Waals surface area contributed by atoms with Gasteiger partial charge in [-0.15, -0.1) is 0 Å². The van der Waals surface area contributed by atoms with Gasteiger partial charge >= 0.3 is 0 Å². The third kappa shape index (κ3) is 2.10. The topological polar surface area (TPSA) is 43.8 Å². The Bertz CT molecular complexity index is 824. The number of fused-ring (bicyclic) bond motifs is 1. The molecule has 5 heteroatoms. The van der Waals surface area contributed by atoms with Crippen molar-refractivity contribution < 1.29 is 8.78 Å². The van der Waals surface area contributed by atoms with E-state index < -0.39 is 17.7 Å². The SMILES string of the molecule is Cc1ccc(C(N)c2nn(C)c3ccccc23)c(F)c1F. The first-order chi connectivity index (χ1) is 10.0. The predicted molar refractivity (Wildman–Crippen MR) is 77.8 cm³/mol. The summed E-state index contributed by atoms with van der Waals surface area (Å²) in [6, 6.07) is 9.77. The summed E-state index contributed by atoms with van der Waals surface area (Å²) in [5.74, 6) is -1.76. The minimum atomic E-state index is -0.905. The number of aromatic nitrogens is 2. The zero-order valence-corrected chi connectivity index (χ0v) is 11.8. The average molecular weight is 287 g/mol. The van der Waals surface area contributed by atoms with E-state index >= 15 is 0 Å². The summed E-state index contributed by atoms with van der Waals surface area (Å²) in [4.78, 5) is 0. The van der Waals surface area contributed by atoms with E-state index in [1.807, 2.05) is 24.3 Å². The molecule has 0 amide bonds. The second-order valence-corrected chi connectivity index (χ2v) is 5.10. The molecule has 0 saturated carbocycles. The number of aryl methyl sites for hydroxylation is 2. The van der Waals surface area contributed by atoms with Gasteiger partial charge in [-0.05, 0) is 18.6 Å². The average Bonchev–Trinajstić information content (AvgIpc) is 2.82. The van der Waals surface area contributed by atoms with Crippen LogP contribution >= 0.6 is 0 Å². The molecular weight excluding hydrogens is 272 g/mol. The molecule has 3 nitrogen and oxygen atoms in total. The maximum Gasteiger partial charge on any atom is 0.164 e. The van der Waals surface area contributed by atoms with Gasteiger partial charge in [0.1, 0.15) is 0 Å². The summed E-state index contributed by atoms with van der Waals surface area (Å²) < 4.78 is 29.5. The van der Waals surface area contributed by atoms with Gasteiger partial charge in [0, 0.05) is 18.0 Å². The van der Waals surface area contributed by atoms with Crippen molar-refractivity contribution in [3.05, 3.63) is 64.9 Å². The zero-order valence-electron chi connectivity index (χ0n) is 11.8. The molecule has 0 radical (unpaired) electrons. The van der Waals surface area contributed by atoms with Crippen LogP contribution in [0.15, 0.2) is 36.4 Å². The summed E-state index contributed by atoms with van der Waals surface area (Å²) in [5, 5.41) is 5.20. The lowest BCUT2D eigenvalue weighted by molar-refractivity contribution is 0.488. The molecule has 108 valence electrons. The Morgan fingerprint density at radius 1 is 1.10 bits per heavy atom. The molecule has 3 rings (SSSR count). The number of hydrogen-bond donors (Lipinski definition) is 1. The molecule has 0 aliphatic carbocycles. The van der Waals surface area contributed by atoms with Crippen LogP contribution in [-0.2, 0) is 7.05 Å². The Kier molecular flexibility index (Phi) is 3.22. The number of nitrogens with zero attached hydrogens (tertiary/aromatic N) is 2. The van der Waals surface area contributed by atoms with Gasteiger partial charge in [-0.2, -0.15) is 5.10 Å². The van der Waals surface area contributed by atoms with Crippen LogP contribution in [0, 0.1) is 18.6 Å². The fourth-order valence-corrected chi connectivity index (χ4v) is 2.52. The van der Waals surface area contributed by atoms with Crippen molar-refractivity contribution in [1.29, 1.82) is 0 Å². The lowest BCUT2D eigenvalue weighted by Gasteiger charge is -2.12. The molecule has 0 fully saturated rings. The lowest BCUT2D eigenvalue weighted by atomic mass is 9.99. The first-order valence-corrected chi connectivity index (χ1v) is 6.62. The molecule has 1 heterocycles. The van der Waals surface area contributed by atoms with Gasteiger partial charge < -0.3 is 5.73 Å². The summed E-state index contributed by atoms with van der Waals surface area (Å²) in [5.41, 5.74) is 7.94. The highest BCUT2D eigenvalue weighted by Crippen LogP contribution is 2.29. The van der Waals surface area contributed by atoms with Crippen molar-refractivity contribution in [3.8, 4) is 0 Å². The Morgan fingerprint density at radius 3 is 2.57 bits per heavy atom. The Balaban J connectivity index is 2.17. The fourth-order valence-electron chi connectivity index (χ4n) is 2.52. The highest BCUT2D eigenvalue weighted by Gasteiger charge is 2.22. The molecule has 2 N–H and O–H groups in total. The zero-order chi connectivity index (χ0) is 15.1. The van der Waals surface area contributed by atoms with Crippen molar-refractivity contribution in [1.82, 2.24) is 9.78 Å². The molecule has 0 aliphatic rings. The molecule has 0 aliphatic heterocycles. The number of halogens is 2. The quantitative estimate of drug-likeness (QED) is 0.786. The Labute approximate surface area is 121 Å². The number of nitrogens with two attached hydrogens (primary N) is 1. The number of hydrogen-bond acceptors (Lipinski definition) is 2. The molecule has 0 spiro atoms. The van der Waals surface area contributed by atoms with Crippen LogP contribution in [0.1, 0.15) is 22.9 Å². The van der Waals surface area contributed by atoms with Gasteiger partial charge in [-0.1, -0.05) is 30.3 Å². The molecule has 0 bridgehead atoms. The van der Waals surface area contributed by atoms with Crippen LogP contribution in [0.5, 0.6) is 0 Å². The van der Waals surface area contributed by atoms with E-state index in [2.05, 4.69) is 5.10 Å². The van der Waals surface area contributed by atoms with Crippen molar-refractivity contribution in [3.63, 3.8) is 0 Å². The minimum Gasteiger partial charge on any atom is -0.319 e. The standard InChI is InChI=1S/C16H15F2N3/c1-9-7-8-11(14(18)13(9)17)15(19)16-10-5-3-4-6-12(10)21(2)20-16/h3-8,15H,19H2,1-2H3. The smallest absolute Gasteiger partial charge is 0.164 e. The third-order valence-electron chi connectivity index (χ3n) is 3.72. The summed E-state index contributed by atoms with van der Waals surface area (Å²) in [6.45, 7) is 1.52. The monoisotopic (exact) mass is 287 g/mol. The van der Waals surface area contributed by atoms with E-state index in [4.69, 9.17) is 5.73 Å². The van der Waals surface area contributed by atoms with E-state index in [0.29, 0.717) is 5.69 Å². The van der Waals surface area contributed by atoms with Gasteiger partial charge in [0.2, 0.25) is 0 Å². The molecule has 0 saturated heterocycles. The van der Waals surface area contributed by atoms with Gasteiger partial charge in [0.15, 0.2) is 11.6 Å². The summed E-state index contributed by atoms with van der Waals surface area (Å²) >= 11 is 0. The van der Waals surface area contributed by atoms with Crippen LogP contribution in [0.25, 0.3) is 10.9 Å². The maximum absolute atomic E-state index is 14.1. The van der Waals surface area contributed by atoms with Gasteiger partial charge in [-0.3, -0.25) is 4.68 Å². The number of para-hydroxylation sites is 1. The van der Waals surface area contributed by atoms with Crippen molar-refractivity contribution in [2.75, 3.05) is 0 Å². The predicted octanol–water partition coefficient (Wildman–Crippen LogP) is 3.21. The van der Waals surface area contributed by atoms with Gasteiger partial charge in [-0.25, -0.2) is 8.78 Å². The first-order valence-electron chi connectivity index (χ1n) is 6.62. The Hall–Kier alpha value is -2.27. The number of benzene rings is 2.